The van der Waals surface area contributed by atoms with Crippen LogP contribution in [0.3, 0.4) is 0 Å². The third-order valence-electron chi connectivity index (χ3n) is 3.49. The molecule has 0 radical (unpaired) electrons. The van der Waals surface area contributed by atoms with Gasteiger partial charge in [0.2, 0.25) is 0 Å². The first-order chi connectivity index (χ1) is 9.65. The fourth-order valence-corrected chi connectivity index (χ4v) is 2.43. The third kappa shape index (κ3) is 2.57. The Hall–Kier alpha value is -2.16. The van der Waals surface area contributed by atoms with Gasteiger partial charge in [-0.1, -0.05) is 54.6 Å². The zero-order valence-electron chi connectivity index (χ0n) is 11.0. The Labute approximate surface area is 117 Å². The Morgan fingerprint density at radius 1 is 0.950 bits per heavy atom. The summed E-state index contributed by atoms with van der Waals surface area (Å²) < 4.78 is 28.5. The summed E-state index contributed by atoms with van der Waals surface area (Å²) in [4.78, 5) is 1.66. The van der Waals surface area contributed by atoms with Gasteiger partial charge < -0.3 is 4.90 Å². The van der Waals surface area contributed by atoms with E-state index in [-0.39, 0.29) is 12.1 Å². The maximum Gasteiger partial charge on any atom is 0.290 e. The van der Waals surface area contributed by atoms with E-state index < -0.39 is 5.92 Å². The molecule has 2 aromatic rings. The number of hydrogen-bond acceptors (Lipinski definition) is 1. The highest BCUT2D eigenvalue weighted by atomic mass is 19.3. The van der Waals surface area contributed by atoms with Crippen molar-refractivity contribution in [1.82, 2.24) is 4.90 Å². The minimum Gasteiger partial charge on any atom is -0.367 e. The van der Waals surface area contributed by atoms with Crippen molar-refractivity contribution in [2.24, 2.45) is 0 Å². The Morgan fingerprint density at radius 2 is 1.65 bits per heavy atom. The van der Waals surface area contributed by atoms with Crippen LogP contribution in [0.5, 0.6) is 0 Å². The molecule has 20 heavy (non-hydrogen) atoms. The summed E-state index contributed by atoms with van der Waals surface area (Å²) in [5.41, 5.74) is 2.25. The van der Waals surface area contributed by atoms with Crippen molar-refractivity contribution < 1.29 is 8.78 Å². The number of alkyl halides is 2. The maximum atomic E-state index is 14.2. The molecule has 3 heteroatoms. The molecule has 0 atom stereocenters. The van der Waals surface area contributed by atoms with E-state index in [9.17, 15) is 8.78 Å². The molecular formula is C17H15F2N. The van der Waals surface area contributed by atoms with Crippen molar-refractivity contribution in [3.63, 3.8) is 0 Å². The van der Waals surface area contributed by atoms with E-state index in [2.05, 4.69) is 0 Å². The average molecular weight is 271 g/mol. The van der Waals surface area contributed by atoms with Crippen LogP contribution in [0.25, 0.3) is 6.08 Å². The van der Waals surface area contributed by atoms with Gasteiger partial charge in [0, 0.05) is 18.3 Å². The molecule has 0 bridgehead atoms. The summed E-state index contributed by atoms with van der Waals surface area (Å²) in [7, 11) is 0. The zero-order chi connectivity index (χ0) is 14.0. The predicted molar refractivity (Wildman–Crippen MR) is 76.2 cm³/mol. The molecule has 0 N–H and O–H groups in total. The van der Waals surface area contributed by atoms with Crippen molar-refractivity contribution in [2.45, 2.75) is 12.5 Å². The second-order valence-electron chi connectivity index (χ2n) is 4.99. The topological polar surface area (TPSA) is 3.24 Å². The SMILES string of the molecule is FC(F)(CN1C=Cc2ccccc2C1)c1ccccc1. The largest absolute Gasteiger partial charge is 0.367 e. The summed E-state index contributed by atoms with van der Waals surface area (Å²) in [6.07, 6.45) is 3.64. The lowest BCUT2D eigenvalue weighted by molar-refractivity contribution is -0.0292. The van der Waals surface area contributed by atoms with Crippen molar-refractivity contribution in [3.05, 3.63) is 77.5 Å². The quantitative estimate of drug-likeness (QED) is 0.806. The number of fused-ring (bicyclic) bond motifs is 1. The molecule has 0 saturated heterocycles. The fraction of sp³-hybridized carbons (Fsp3) is 0.176. The fourth-order valence-electron chi connectivity index (χ4n) is 2.43. The van der Waals surface area contributed by atoms with Gasteiger partial charge in [-0.05, 0) is 17.2 Å². The third-order valence-corrected chi connectivity index (χ3v) is 3.49. The standard InChI is InChI=1S/C17H15F2N/c18-17(19,16-8-2-1-3-9-16)13-20-11-10-14-6-4-5-7-15(14)12-20/h1-11H,12-13H2. The summed E-state index contributed by atoms with van der Waals surface area (Å²) in [6, 6.07) is 15.9. The maximum absolute atomic E-state index is 14.2. The number of hydrogen-bond donors (Lipinski definition) is 0. The number of benzene rings is 2. The first kappa shape index (κ1) is 12.9. The summed E-state index contributed by atoms with van der Waals surface area (Å²) in [6.45, 7) is 0.219. The Morgan fingerprint density at radius 3 is 2.45 bits per heavy atom. The van der Waals surface area contributed by atoms with Gasteiger partial charge in [0.1, 0.15) is 0 Å². The second kappa shape index (κ2) is 5.08. The van der Waals surface area contributed by atoms with E-state index in [1.165, 1.54) is 12.1 Å². The van der Waals surface area contributed by atoms with Crippen LogP contribution in [0.2, 0.25) is 0 Å². The molecule has 1 nitrogen and oxygen atoms in total. The first-order valence-corrected chi connectivity index (χ1v) is 6.59. The molecule has 1 aliphatic heterocycles. The van der Waals surface area contributed by atoms with Crippen molar-refractivity contribution in [3.8, 4) is 0 Å². The van der Waals surface area contributed by atoms with E-state index in [1.807, 2.05) is 30.3 Å². The van der Waals surface area contributed by atoms with E-state index in [4.69, 9.17) is 0 Å². The average Bonchev–Trinajstić information content (AvgIpc) is 2.48. The van der Waals surface area contributed by atoms with Gasteiger partial charge in [-0.25, -0.2) is 0 Å². The molecule has 0 unspecified atom stereocenters. The normalized spacial score (nSPS) is 14.2. The van der Waals surface area contributed by atoms with Crippen LogP contribution in [-0.4, -0.2) is 11.4 Å². The highest BCUT2D eigenvalue weighted by Crippen LogP contribution is 2.31. The summed E-state index contributed by atoms with van der Waals surface area (Å²) in [5, 5.41) is 0. The molecular weight excluding hydrogens is 256 g/mol. The summed E-state index contributed by atoms with van der Waals surface area (Å²) in [5.74, 6) is -2.85. The Kier molecular flexibility index (Phi) is 3.26. The molecule has 0 amide bonds. The van der Waals surface area contributed by atoms with Crippen LogP contribution < -0.4 is 0 Å². The minimum atomic E-state index is -2.85. The van der Waals surface area contributed by atoms with Crippen molar-refractivity contribution in [1.29, 1.82) is 0 Å². The lowest BCUT2D eigenvalue weighted by Crippen LogP contribution is -2.32. The molecule has 1 heterocycles. The van der Waals surface area contributed by atoms with Crippen LogP contribution in [-0.2, 0) is 12.5 Å². The van der Waals surface area contributed by atoms with Gasteiger partial charge in [-0.15, -0.1) is 0 Å². The Bertz CT molecular complexity index is 620. The van der Waals surface area contributed by atoms with E-state index in [1.54, 1.807) is 29.3 Å². The lowest BCUT2D eigenvalue weighted by atomic mass is 10.0. The van der Waals surface area contributed by atoms with Gasteiger partial charge >= 0.3 is 0 Å². The van der Waals surface area contributed by atoms with Crippen LogP contribution in [0, 0.1) is 0 Å². The number of halogens is 2. The highest BCUT2D eigenvalue weighted by Gasteiger charge is 2.33. The lowest BCUT2D eigenvalue weighted by Gasteiger charge is -2.29. The van der Waals surface area contributed by atoms with Gasteiger partial charge in [-0.2, -0.15) is 8.78 Å². The van der Waals surface area contributed by atoms with Gasteiger partial charge in [0.15, 0.2) is 0 Å². The van der Waals surface area contributed by atoms with Crippen LogP contribution in [0.15, 0.2) is 60.8 Å². The monoisotopic (exact) mass is 271 g/mol. The van der Waals surface area contributed by atoms with E-state index in [0.29, 0.717) is 6.54 Å². The molecule has 0 aromatic heterocycles. The second-order valence-corrected chi connectivity index (χ2v) is 4.99. The molecule has 0 saturated carbocycles. The molecule has 2 aromatic carbocycles. The van der Waals surface area contributed by atoms with Crippen molar-refractivity contribution in [2.75, 3.05) is 6.54 Å². The first-order valence-electron chi connectivity index (χ1n) is 6.59. The number of rotatable bonds is 3. The molecule has 3 rings (SSSR count). The smallest absolute Gasteiger partial charge is 0.290 e. The predicted octanol–water partition coefficient (Wildman–Crippen LogP) is 4.26. The minimum absolute atomic E-state index is 0.0623. The van der Waals surface area contributed by atoms with Gasteiger partial charge in [0.05, 0.1) is 6.54 Å². The Balaban J connectivity index is 1.77. The highest BCUT2D eigenvalue weighted by molar-refractivity contribution is 5.55. The zero-order valence-corrected chi connectivity index (χ0v) is 11.0. The molecule has 0 fully saturated rings. The molecule has 1 aliphatic rings. The van der Waals surface area contributed by atoms with Crippen LogP contribution in [0.4, 0.5) is 8.78 Å². The summed E-state index contributed by atoms with van der Waals surface area (Å²) >= 11 is 0. The molecule has 0 aliphatic carbocycles. The van der Waals surface area contributed by atoms with Gasteiger partial charge in [0.25, 0.3) is 5.92 Å². The van der Waals surface area contributed by atoms with Crippen LogP contribution >= 0.6 is 0 Å². The molecule has 102 valence electrons. The number of nitrogens with zero attached hydrogens (tertiary/aromatic N) is 1. The van der Waals surface area contributed by atoms with Crippen LogP contribution in [0.1, 0.15) is 16.7 Å². The molecule has 0 spiro atoms. The van der Waals surface area contributed by atoms with Crippen molar-refractivity contribution >= 4 is 6.08 Å². The van der Waals surface area contributed by atoms with E-state index >= 15 is 0 Å². The van der Waals surface area contributed by atoms with Gasteiger partial charge in [-0.3, -0.25) is 0 Å². The van der Waals surface area contributed by atoms with E-state index in [0.717, 1.165) is 11.1 Å².